The summed E-state index contributed by atoms with van der Waals surface area (Å²) in [5.41, 5.74) is 1.28. The third-order valence-electron chi connectivity index (χ3n) is 1.21. The highest BCUT2D eigenvalue weighted by Gasteiger charge is 2.04. The Morgan fingerprint density at radius 3 is 1.38 bits per heavy atom. The fourth-order valence-electron chi connectivity index (χ4n) is 0.526. The van der Waals surface area contributed by atoms with E-state index >= 15 is 0 Å². The van der Waals surface area contributed by atoms with Crippen LogP contribution in [0.2, 0.25) is 0 Å². The average molecular weight is 192 g/mol. The van der Waals surface area contributed by atoms with Crippen molar-refractivity contribution in [3.63, 3.8) is 0 Å². The van der Waals surface area contributed by atoms with Crippen molar-refractivity contribution in [3.05, 3.63) is 12.2 Å². The molecule has 0 amide bonds. The van der Waals surface area contributed by atoms with Crippen LogP contribution in [0.15, 0.2) is 12.2 Å². The van der Waals surface area contributed by atoms with E-state index in [0.717, 1.165) is 10.9 Å². The molecule has 86 valence electrons. The lowest BCUT2D eigenvalue weighted by molar-refractivity contribution is -0.870. The highest BCUT2D eigenvalue weighted by molar-refractivity contribution is 4.86. The molecular formula is C12H34N+. The van der Waals surface area contributed by atoms with Gasteiger partial charge in [-0.05, 0) is 6.92 Å². The first kappa shape index (κ1) is 29.3. The molecule has 0 saturated heterocycles. The molecule has 0 N–H and O–H groups in total. The van der Waals surface area contributed by atoms with Gasteiger partial charge in [0.25, 0.3) is 0 Å². The third-order valence-corrected chi connectivity index (χ3v) is 1.21. The Bertz CT molecular complexity index is 98.2. The molecule has 0 fully saturated rings. The van der Waals surface area contributed by atoms with E-state index in [1.54, 1.807) is 0 Å². The van der Waals surface area contributed by atoms with Crippen LogP contribution >= 0.6 is 0 Å². The minimum atomic E-state index is 0. The van der Waals surface area contributed by atoms with Crippen LogP contribution in [0.4, 0.5) is 0 Å². The van der Waals surface area contributed by atoms with Crippen LogP contribution in [0.25, 0.3) is 0 Å². The molecule has 0 radical (unpaired) electrons. The van der Waals surface area contributed by atoms with Crippen molar-refractivity contribution < 1.29 is 4.48 Å². The summed E-state index contributed by atoms with van der Waals surface area (Å²) < 4.78 is 1.03. The zero-order valence-corrected chi connectivity index (χ0v) is 7.07. The van der Waals surface area contributed by atoms with E-state index in [4.69, 9.17) is 0 Å². The van der Waals surface area contributed by atoms with Gasteiger partial charge in [0, 0.05) is 6.42 Å². The Morgan fingerprint density at radius 2 is 1.31 bits per heavy atom. The summed E-state index contributed by atoms with van der Waals surface area (Å²) in [7, 11) is 6.59. The van der Waals surface area contributed by atoms with Crippen LogP contribution in [0.3, 0.4) is 0 Å². The molecule has 0 aliphatic rings. The Kier molecular flexibility index (Phi) is 26.4. The molecule has 0 aliphatic carbocycles. The minimum absolute atomic E-state index is 0. The first-order chi connectivity index (χ1) is 3.92. The van der Waals surface area contributed by atoms with Gasteiger partial charge in [-0.1, -0.05) is 41.9 Å². The van der Waals surface area contributed by atoms with E-state index in [1.165, 1.54) is 12.1 Å². The van der Waals surface area contributed by atoms with Gasteiger partial charge in [-0.2, -0.15) is 0 Å². The van der Waals surface area contributed by atoms with Gasteiger partial charge >= 0.3 is 0 Å². The molecule has 0 bridgehead atoms. The lowest BCUT2D eigenvalue weighted by Gasteiger charge is -2.23. The largest absolute Gasteiger partial charge is 0.331 e. The van der Waals surface area contributed by atoms with Crippen LogP contribution in [0.1, 0.15) is 43.1 Å². The third kappa shape index (κ3) is 33.9. The van der Waals surface area contributed by atoms with E-state index in [-0.39, 0.29) is 29.7 Å². The van der Waals surface area contributed by atoms with E-state index in [9.17, 15) is 0 Å². The van der Waals surface area contributed by atoms with Crippen molar-refractivity contribution in [2.45, 2.75) is 43.1 Å². The summed E-state index contributed by atoms with van der Waals surface area (Å²) in [6, 6.07) is 0. The number of nitrogens with zero attached hydrogens (tertiary/aromatic N) is 1. The van der Waals surface area contributed by atoms with E-state index in [0.29, 0.717) is 0 Å². The predicted molar refractivity (Wildman–Crippen MR) is 69.3 cm³/mol. The maximum absolute atomic E-state index is 3.85. The fraction of sp³-hybridized carbons (Fsp3) is 0.833. The van der Waals surface area contributed by atoms with Crippen molar-refractivity contribution in [1.82, 2.24) is 0 Å². The van der Waals surface area contributed by atoms with Crippen LogP contribution < -0.4 is 0 Å². The van der Waals surface area contributed by atoms with Gasteiger partial charge in [-0.3, -0.25) is 0 Å². The van der Waals surface area contributed by atoms with Gasteiger partial charge < -0.3 is 4.48 Å². The second-order valence-electron chi connectivity index (χ2n) is 3.72. The molecule has 1 nitrogen and oxygen atoms in total. The Labute approximate surface area is 88.1 Å². The van der Waals surface area contributed by atoms with E-state index in [1.807, 2.05) is 0 Å². The first-order valence-corrected chi connectivity index (χ1v) is 3.36. The average Bonchev–Trinajstić information content (AvgIpc) is 1.59. The molecule has 0 atom stereocenters. The first-order valence-electron chi connectivity index (χ1n) is 3.36. The van der Waals surface area contributed by atoms with Crippen molar-refractivity contribution in [2.24, 2.45) is 0 Å². The highest BCUT2D eigenvalue weighted by atomic mass is 15.3. The number of hydrogen-bond donors (Lipinski definition) is 0. The molecular weight excluding hydrogens is 158 g/mol. The van der Waals surface area contributed by atoms with Gasteiger partial charge in [0.15, 0.2) is 0 Å². The number of hydrogen-bond acceptors (Lipinski definition) is 0. The Hall–Kier alpha value is -0.300. The zero-order chi connectivity index (χ0) is 7.49. The van der Waals surface area contributed by atoms with Crippen LogP contribution in [-0.2, 0) is 0 Å². The van der Waals surface area contributed by atoms with Crippen molar-refractivity contribution in [1.29, 1.82) is 0 Å². The van der Waals surface area contributed by atoms with Gasteiger partial charge in [0.2, 0.25) is 0 Å². The normalized spacial score (nSPS) is 8.00. The molecule has 0 heterocycles. The topological polar surface area (TPSA) is 0 Å². The van der Waals surface area contributed by atoms with Gasteiger partial charge in [-0.15, -0.1) is 0 Å². The molecule has 0 aliphatic heterocycles. The number of rotatable bonds is 3. The van der Waals surface area contributed by atoms with Crippen molar-refractivity contribution in [3.8, 4) is 0 Å². The maximum atomic E-state index is 3.85. The lowest BCUT2D eigenvalue weighted by atomic mass is 10.2. The fourth-order valence-corrected chi connectivity index (χ4v) is 0.526. The molecule has 0 spiro atoms. The van der Waals surface area contributed by atoms with Gasteiger partial charge in [0.05, 0.1) is 27.7 Å². The SMILES string of the molecule is C.C.C.C.C=C(C)CC[N+](C)(C)C. The molecule has 0 rings (SSSR count). The summed E-state index contributed by atoms with van der Waals surface area (Å²) in [5, 5.41) is 0. The summed E-state index contributed by atoms with van der Waals surface area (Å²) in [4.78, 5) is 0. The molecule has 13 heavy (non-hydrogen) atoms. The quantitative estimate of drug-likeness (QED) is 0.464. The van der Waals surface area contributed by atoms with E-state index < -0.39 is 0 Å². The monoisotopic (exact) mass is 192 g/mol. The zero-order valence-electron chi connectivity index (χ0n) is 7.07. The highest BCUT2D eigenvalue weighted by Crippen LogP contribution is 1.99. The maximum Gasteiger partial charge on any atom is 0.0817 e. The molecule has 0 unspecified atom stereocenters. The molecule has 0 saturated carbocycles. The van der Waals surface area contributed by atoms with Crippen LogP contribution in [0.5, 0.6) is 0 Å². The van der Waals surface area contributed by atoms with Crippen molar-refractivity contribution in [2.75, 3.05) is 27.7 Å². The minimum Gasteiger partial charge on any atom is -0.331 e. The predicted octanol–water partition coefficient (Wildman–Crippen LogP) is 4.20. The number of quaternary nitrogens is 1. The van der Waals surface area contributed by atoms with Crippen LogP contribution in [-0.4, -0.2) is 32.2 Å². The van der Waals surface area contributed by atoms with Crippen molar-refractivity contribution >= 4 is 0 Å². The second kappa shape index (κ2) is 11.7. The standard InChI is InChI=1S/C8H18N.4CH4/c1-8(2)6-7-9(3,4)5;;;;/h1,6-7H2,2-5H3;4*1H4/q+1;;;;. The smallest absolute Gasteiger partial charge is 0.0817 e. The summed E-state index contributed by atoms with van der Waals surface area (Å²) >= 11 is 0. The molecule has 0 aromatic carbocycles. The Balaban J connectivity index is -0.0000000533. The summed E-state index contributed by atoms with van der Waals surface area (Å²) in [5.74, 6) is 0. The molecule has 0 aromatic heterocycles. The van der Waals surface area contributed by atoms with Gasteiger partial charge in [0.1, 0.15) is 0 Å². The Morgan fingerprint density at radius 1 is 1.00 bits per heavy atom. The molecule has 1 heteroatoms. The summed E-state index contributed by atoms with van der Waals surface area (Å²) in [6.45, 7) is 7.12. The molecule has 0 aromatic rings. The van der Waals surface area contributed by atoms with Gasteiger partial charge in [-0.25, -0.2) is 0 Å². The van der Waals surface area contributed by atoms with E-state index in [2.05, 4.69) is 34.6 Å². The lowest BCUT2D eigenvalue weighted by Crippen LogP contribution is -2.35. The van der Waals surface area contributed by atoms with Crippen LogP contribution in [0, 0.1) is 0 Å². The second-order valence-corrected chi connectivity index (χ2v) is 3.72. The summed E-state index contributed by atoms with van der Waals surface area (Å²) in [6.07, 6.45) is 1.14.